The van der Waals surface area contributed by atoms with E-state index in [1.807, 2.05) is 12.1 Å². The second-order valence-electron chi connectivity index (χ2n) is 5.09. The van der Waals surface area contributed by atoms with Gasteiger partial charge >= 0.3 is 0 Å². The van der Waals surface area contributed by atoms with E-state index in [0.717, 1.165) is 30.0 Å². The van der Waals surface area contributed by atoms with E-state index < -0.39 is 5.60 Å². The molecule has 2 rings (SSSR count). The lowest BCUT2D eigenvalue weighted by Gasteiger charge is -2.18. The van der Waals surface area contributed by atoms with Gasteiger partial charge in [0, 0.05) is 30.4 Å². The number of rotatable bonds is 0. The lowest BCUT2D eigenvalue weighted by molar-refractivity contribution is 0.132. The van der Waals surface area contributed by atoms with Crippen molar-refractivity contribution in [3.8, 4) is 11.8 Å². The molecule has 0 saturated carbocycles. The molecule has 3 heteroatoms. The largest absolute Gasteiger partial charge is 0.378 e. The number of ether oxygens (including phenoxy) is 1. The van der Waals surface area contributed by atoms with E-state index in [2.05, 4.69) is 29.9 Å². The molecule has 1 aliphatic rings. The van der Waals surface area contributed by atoms with Crippen molar-refractivity contribution in [1.29, 1.82) is 0 Å². The minimum atomic E-state index is -0.972. The van der Waals surface area contributed by atoms with Crippen LogP contribution in [0.1, 0.15) is 25.0 Å². The summed E-state index contributed by atoms with van der Waals surface area (Å²) < 4.78 is 5.59. The highest BCUT2D eigenvalue weighted by molar-refractivity contribution is 5.60. The molecule has 0 atom stereocenters. The zero-order valence-corrected chi connectivity index (χ0v) is 11.2. The van der Waals surface area contributed by atoms with Gasteiger partial charge in [-0.1, -0.05) is 17.9 Å². The molecular weight excluding hydrogens is 226 g/mol. The fourth-order valence-corrected chi connectivity index (χ4v) is 1.92. The van der Waals surface area contributed by atoms with Gasteiger partial charge in [0.1, 0.15) is 5.60 Å². The number of fused-ring (bicyclic) bond motifs is 1. The van der Waals surface area contributed by atoms with Crippen LogP contribution in [0.5, 0.6) is 0 Å². The summed E-state index contributed by atoms with van der Waals surface area (Å²) in [6, 6.07) is 6.05. The Hall–Kier alpha value is -1.50. The number of hydrogen-bond acceptors (Lipinski definition) is 3. The average Bonchev–Trinajstić information content (AvgIpc) is 2.49. The third-order valence-electron chi connectivity index (χ3n) is 2.88. The Bertz CT molecular complexity index is 491. The monoisotopic (exact) mass is 245 g/mol. The third kappa shape index (κ3) is 3.04. The summed E-state index contributed by atoms with van der Waals surface area (Å²) in [5.74, 6) is 5.91. The standard InChI is InChI=1S/C15H19NO2/c1-15(2,17)8-7-12-5-4-6-14-13(12)11-18-10-9-16(14)3/h4-6,17H,9-11H2,1-3H3. The summed E-state index contributed by atoms with van der Waals surface area (Å²) in [5, 5.41) is 9.68. The second-order valence-corrected chi connectivity index (χ2v) is 5.09. The molecule has 0 unspecified atom stereocenters. The predicted molar refractivity (Wildman–Crippen MR) is 72.5 cm³/mol. The number of likely N-dealkylation sites (N-methyl/N-ethyl adjacent to an activating group) is 1. The minimum absolute atomic E-state index is 0.580. The van der Waals surface area contributed by atoms with Gasteiger partial charge in [0.05, 0.1) is 13.2 Å². The summed E-state index contributed by atoms with van der Waals surface area (Å²) in [7, 11) is 2.06. The van der Waals surface area contributed by atoms with Crippen molar-refractivity contribution in [2.45, 2.75) is 26.1 Å². The van der Waals surface area contributed by atoms with Crippen molar-refractivity contribution in [3.05, 3.63) is 29.3 Å². The molecule has 1 aliphatic heterocycles. The first-order valence-electron chi connectivity index (χ1n) is 6.14. The summed E-state index contributed by atoms with van der Waals surface area (Å²) in [6.45, 7) is 5.56. The van der Waals surface area contributed by atoms with Crippen LogP contribution in [0, 0.1) is 11.8 Å². The molecule has 0 amide bonds. The van der Waals surface area contributed by atoms with Crippen LogP contribution in [0.25, 0.3) is 0 Å². The van der Waals surface area contributed by atoms with Crippen LogP contribution in [-0.2, 0) is 11.3 Å². The van der Waals surface area contributed by atoms with E-state index in [9.17, 15) is 5.11 Å². The van der Waals surface area contributed by atoms with Crippen molar-refractivity contribution < 1.29 is 9.84 Å². The van der Waals surface area contributed by atoms with Gasteiger partial charge in [-0.2, -0.15) is 0 Å². The zero-order chi connectivity index (χ0) is 13.2. The topological polar surface area (TPSA) is 32.7 Å². The van der Waals surface area contributed by atoms with E-state index in [1.165, 1.54) is 0 Å². The highest BCUT2D eigenvalue weighted by Crippen LogP contribution is 2.25. The lowest BCUT2D eigenvalue weighted by Crippen LogP contribution is -2.20. The summed E-state index contributed by atoms with van der Waals surface area (Å²) in [6.07, 6.45) is 0. The molecule has 1 N–H and O–H groups in total. The van der Waals surface area contributed by atoms with Crippen LogP contribution in [-0.4, -0.2) is 30.9 Å². The SMILES string of the molecule is CN1CCOCc2c(C#CC(C)(C)O)cccc21. The molecule has 0 saturated heterocycles. The minimum Gasteiger partial charge on any atom is -0.378 e. The highest BCUT2D eigenvalue weighted by Gasteiger charge is 2.15. The van der Waals surface area contributed by atoms with Gasteiger partial charge in [-0.25, -0.2) is 0 Å². The summed E-state index contributed by atoms with van der Waals surface area (Å²) in [5.41, 5.74) is 2.23. The van der Waals surface area contributed by atoms with Crippen LogP contribution in [0.3, 0.4) is 0 Å². The zero-order valence-electron chi connectivity index (χ0n) is 11.2. The number of anilines is 1. The number of nitrogens with zero attached hydrogens (tertiary/aromatic N) is 1. The maximum atomic E-state index is 9.68. The molecule has 0 aromatic heterocycles. The fraction of sp³-hybridized carbons (Fsp3) is 0.467. The van der Waals surface area contributed by atoms with Crippen LogP contribution >= 0.6 is 0 Å². The predicted octanol–water partition coefficient (Wildman–Crippen LogP) is 1.78. The molecule has 1 heterocycles. The molecule has 1 aromatic carbocycles. The summed E-state index contributed by atoms with van der Waals surface area (Å²) >= 11 is 0. The maximum Gasteiger partial charge on any atom is 0.120 e. The van der Waals surface area contributed by atoms with E-state index >= 15 is 0 Å². The van der Waals surface area contributed by atoms with Gasteiger partial charge in [-0.05, 0) is 26.0 Å². The van der Waals surface area contributed by atoms with Gasteiger partial charge in [0.25, 0.3) is 0 Å². The third-order valence-corrected chi connectivity index (χ3v) is 2.88. The molecule has 0 bridgehead atoms. The Morgan fingerprint density at radius 2 is 2.17 bits per heavy atom. The molecule has 0 aliphatic carbocycles. The van der Waals surface area contributed by atoms with E-state index in [0.29, 0.717) is 6.61 Å². The molecule has 18 heavy (non-hydrogen) atoms. The summed E-state index contributed by atoms with van der Waals surface area (Å²) in [4.78, 5) is 2.18. The van der Waals surface area contributed by atoms with Crippen LogP contribution in [0.4, 0.5) is 5.69 Å². The molecular formula is C15H19NO2. The molecule has 0 radical (unpaired) electrons. The van der Waals surface area contributed by atoms with Crippen molar-refractivity contribution in [1.82, 2.24) is 0 Å². The van der Waals surface area contributed by atoms with Crippen molar-refractivity contribution in [2.75, 3.05) is 25.1 Å². The highest BCUT2D eigenvalue weighted by atomic mass is 16.5. The van der Waals surface area contributed by atoms with Crippen molar-refractivity contribution in [3.63, 3.8) is 0 Å². The van der Waals surface area contributed by atoms with Gasteiger partial charge in [0.2, 0.25) is 0 Å². The number of benzene rings is 1. The van der Waals surface area contributed by atoms with Gasteiger partial charge in [-0.15, -0.1) is 0 Å². The van der Waals surface area contributed by atoms with E-state index in [4.69, 9.17) is 4.74 Å². The number of hydrogen-bond donors (Lipinski definition) is 1. The smallest absolute Gasteiger partial charge is 0.120 e. The second kappa shape index (κ2) is 5.01. The first kappa shape index (κ1) is 12.9. The van der Waals surface area contributed by atoms with Crippen molar-refractivity contribution >= 4 is 5.69 Å². The Morgan fingerprint density at radius 1 is 1.39 bits per heavy atom. The average molecular weight is 245 g/mol. The Labute approximate surface area is 108 Å². The van der Waals surface area contributed by atoms with Gasteiger partial charge in [-0.3, -0.25) is 0 Å². The molecule has 96 valence electrons. The lowest BCUT2D eigenvalue weighted by atomic mass is 10.0. The molecule has 3 nitrogen and oxygen atoms in total. The van der Waals surface area contributed by atoms with E-state index in [1.54, 1.807) is 13.8 Å². The van der Waals surface area contributed by atoms with Crippen LogP contribution in [0.2, 0.25) is 0 Å². The van der Waals surface area contributed by atoms with E-state index in [-0.39, 0.29) is 0 Å². The van der Waals surface area contributed by atoms with Gasteiger partial charge in [0.15, 0.2) is 0 Å². The van der Waals surface area contributed by atoms with Crippen molar-refractivity contribution in [2.24, 2.45) is 0 Å². The van der Waals surface area contributed by atoms with Gasteiger partial charge < -0.3 is 14.7 Å². The first-order chi connectivity index (χ1) is 8.47. The molecule has 1 aromatic rings. The normalized spacial score (nSPS) is 15.4. The molecule has 0 fully saturated rings. The Balaban J connectivity index is 2.43. The number of aliphatic hydroxyl groups is 1. The fourth-order valence-electron chi connectivity index (χ4n) is 1.92. The Morgan fingerprint density at radius 3 is 2.89 bits per heavy atom. The van der Waals surface area contributed by atoms with Crippen LogP contribution < -0.4 is 4.90 Å². The molecule has 0 spiro atoms. The first-order valence-corrected chi connectivity index (χ1v) is 6.14. The quantitative estimate of drug-likeness (QED) is 0.707. The maximum absolute atomic E-state index is 9.68. The van der Waals surface area contributed by atoms with Crippen LogP contribution in [0.15, 0.2) is 18.2 Å². The Kier molecular flexibility index (Phi) is 3.60.